The van der Waals surface area contributed by atoms with Crippen molar-refractivity contribution in [3.63, 3.8) is 0 Å². The molecule has 0 radical (unpaired) electrons. The van der Waals surface area contributed by atoms with Gasteiger partial charge in [0.15, 0.2) is 11.5 Å². The summed E-state index contributed by atoms with van der Waals surface area (Å²) in [5.74, 6) is 0.185. The van der Waals surface area contributed by atoms with E-state index in [1.54, 1.807) is 31.0 Å². The molecule has 2 aromatic rings. The number of hydrogen-bond acceptors (Lipinski definition) is 4. The lowest BCUT2D eigenvalue weighted by Crippen LogP contribution is -2.41. The fourth-order valence-corrected chi connectivity index (χ4v) is 3.41. The van der Waals surface area contributed by atoms with Crippen LogP contribution in [0.5, 0.6) is 11.5 Å². The van der Waals surface area contributed by atoms with Gasteiger partial charge in [0, 0.05) is 13.6 Å². The number of rotatable bonds is 11. The molecule has 0 bridgehead atoms. The van der Waals surface area contributed by atoms with Gasteiger partial charge in [-0.25, -0.2) is 0 Å². The number of likely N-dealkylation sites (N-methyl/N-ethyl adjacent to an activating group) is 2. The van der Waals surface area contributed by atoms with Crippen LogP contribution in [-0.4, -0.2) is 49.1 Å². The van der Waals surface area contributed by atoms with Gasteiger partial charge in [0.05, 0.1) is 6.61 Å². The highest BCUT2D eigenvalue weighted by molar-refractivity contribution is 5.83. The number of ether oxygens (including phenoxy) is 2. The summed E-state index contributed by atoms with van der Waals surface area (Å²) in [6.07, 6.45) is 0. The number of amides is 1. The number of alkyl halides is 2. The Morgan fingerprint density at radius 1 is 1.00 bits per heavy atom. The Labute approximate surface area is 177 Å². The molecule has 2 rings (SSSR count). The maximum absolute atomic E-state index is 13.4. The molecule has 1 atom stereocenters. The fraction of sp³-hybridized carbons (Fsp3) is 0.435. The lowest BCUT2D eigenvalue weighted by Gasteiger charge is -2.32. The molecule has 0 spiro atoms. The molecule has 0 aliphatic rings. The molecular weight excluding hydrogens is 390 g/mol. The van der Waals surface area contributed by atoms with E-state index in [9.17, 15) is 13.6 Å². The highest BCUT2D eigenvalue weighted by Crippen LogP contribution is 2.31. The second-order valence-corrected chi connectivity index (χ2v) is 6.82. The molecule has 1 amide bonds. The van der Waals surface area contributed by atoms with Crippen molar-refractivity contribution in [2.24, 2.45) is 0 Å². The average molecular weight is 421 g/mol. The first-order chi connectivity index (χ1) is 14.4. The molecule has 0 aromatic heterocycles. The van der Waals surface area contributed by atoms with Crippen LogP contribution in [0.2, 0.25) is 0 Å². The molecular formula is C23H30F2N2O3. The van der Waals surface area contributed by atoms with Crippen molar-refractivity contribution in [3.05, 3.63) is 59.7 Å². The smallest absolute Gasteiger partial charge is 0.387 e. The first kappa shape index (κ1) is 23.6. The van der Waals surface area contributed by atoms with E-state index in [0.29, 0.717) is 13.2 Å². The van der Waals surface area contributed by atoms with E-state index in [4.69, 9.17) is 4.74 Å². The summed E-state index contributed by atoms with van der Waals surface area (Å²) in [5, 5.41) is 0. The normalized spacial score (nSPS) is 12.1. The van der Waals surface area contributed by atoms with Crippen molar-refractivity contribution in [1.29, 1.82) is 0 Å². The highest BCUT2D eigenvalue weighted by Gasteiger charge is 2.28. The average Bonchev–Trinajstić information content (AvgIpc) is 2.73. The van der Waals surface area contributed by atoms with Crippen LogP contribution in [0, 0.1) is 0 Å². The van der Waals surface area contributed by atoms with E-state index >= 15 is 0 Å². The number of nitrogens with zero attached hydrogens (tertiary/aromatic N) is 2. The molecule has 0 aliphatic carbocycles. The van der Waals surface area contributed by atoms with Gasteiger partial charge in [-0.1, -0.05) is 50.2 Å². The van der Waals surface area contributed by atoms with Crippen LogP contribution in [0.1, 0.15) is 37.9 Å². The Morgan fingerprint density at radius 3 is 2.23 bits per heavy atom. The van der Waals surface area contributed by atoms with E-state index in [2.05, 4.69) is 9.64 Å². The van der Waals surface area contributed by atoms with Crippen molar-refractivity contribution >= 4 is 5.91 Å². The number of carbonyl (C=O) groups is 1. The monoisotopic (exact) mass is 420 g/mol. The van der Waals surface area contributed by atoms with E-state index in [1.165, 1.54) is 6.07 Å². The zero-order valence-electron chi connectivity index (χ0n) is 18.0. The molecule has 0 saturated heterocycles. The van der Waals surface area contributed by atoms with E-state index in [1.807, 2.05) is 44.2 Å². The Morgan fingerprint density at radius 2 is 1.67 bits per heavy atom. The van der Waals surface area contributed by atoms with Gasteiger partial charge >= 0.3 is 6.61 Å². The van der Waals surface area contributed by atoms with Gasteiger partial charge in [-0.2, -0.15) is 8.78 Å². The highest BCUT2D eigenvalue weighted by atomic mass is 19.3. The SMILES string of the molecule is CCOc1cc(CN(C)C(=O)C(c2ccccc2)N(CC)CC)ccc1OC(F)F. The summed E-state index contributed by atoms with van der Waals surface area (Å²) in [5.41, 5.74) is 1.70. The van der Waals surface area contributed by atoms with Crippen LogP contribution in [0.25, 0.3) is 0 Å². The predicted octanol–water partition coefficient (Wildman–Crippen LogP) is 4.73. The molecule has 0 saturated carbocycles. The first-order valence-corrected chi connectivity index (χ1v) is 10.2. The number of hydrogen-bond donors (Lipinski definition) is 0. The molecule has 0 heterocycles. The van der Waals surface area contributed by atoms with Gasteiger partial charge < -0.3 is 14.4 Å². The van der Waals surface area contributed by atoms with Crippen LogP contribution in [0.15, 0.2) is 48.5 Å². The minimum Gasteiger partial charge on any atom is -0.490 e. The Bertz CT molecular complexity index is 798. The second-order valence-electron chi connectivity index (χ2n) is 6.82. The maximum atomic E-state index is 13.4. The standard InChI is InChI=1S/C23H30F2N2O3/c1-5-27(6-2)21(18-11-9-8-10-12-18)22(28)26(4)16-17-13-14-19(30-23(24)25)20(15-17)29-7-3/h8-15,21,23H,5-7,16H2,1-4H3. The van der Waals surface area contributed by atoms with Crippen molar-refractivity contribution in [1.82, 2.24) is 9.80 Å². The van der Waals surface area contributed by atoms with Gasteiger partial charge in [0.2, 0.25) is 5.91 Å². The van der Waals surface area contributed by atoms with Crippen LogP contribution >= 0.6 is 0 Å². The lowest BCUT2D eigenvalue weighted by molar-refractivity contribution is -0.136. The van der Waals surface area contributed by atoms with Gasteiger partial charge in [-0.3, -0.25) is 9.69 Å². The lowest BCUT2D eigenvalue weighted by atomic mass is 10.0. The third-order valence-corrected chi connectivity index (χ3v) is 4.85. The van der Waals surface area contributed by atoms with Gasteiger partial charge in [0.25, 0.3) is 0 Å². The molecule has 5 nitrogen and oxygen atoms in total. The zero-order chi connectivity index (χ0) is 22.1. The third kappa shape index (κ3) is 6.16. The van der Waals surface area contributed by atoms with Crippen LogP contribution in [0.3, 0.4) is 0 Å². The number of halogens is 2. The quantitative estimate of drug-likeness (QED) is 0.527. The Kier molecular flexibility index (Phi) is 9.05. The second kappa shape index (κ2) is 11.5. The van der Waals surface area contributed by atoms with Crippen LogP contribution in [-0.2, 0) is 11.3 Å². The van der Waals surface area contributed by atoms with Crippen molar-refractivity contribution in [2.75, 3.05) is 26.7 Å². The molecule has 2 aromatic carbocycles. The molecule has 7 heteroatoms. The van der Waals surface area contributed by atoms with Gasteiger partial charge in [0.1, 0.15) is 6.04 Å². The molecule has 0 N–H and O–H groups in total. The van der Waals surface area contributed by atoms with Crippen LogP contribution < -0.4 is 9.47 Å². The number of benzene rings is 2. The van der Waals surface area contributed by atoms with Gasteiger partial charge in [-0.05, 0) is 43.3 Å². The van der Waals surface area contributed by atoms with E-state index < -0.39 is 6.61 Å². The minimum atomic E-state index is -2.93. The molecule has 0 aliphatic heterocycles. The summed E-state index contributed by atoms with van der Waals surface area (Å²) in [7, 11) is 1.74. The van der Waals surface area contributed by atoms with Crippen molar-refractivity contribution < 1.29 is 23.0 Å². The predicted molar refractivity (Wildman–Crippen MR) is 113 cm³/mol. The number of carbonyl (C=O) groups excluding carboxylic acids is 1. The largest absolute Gasteiger partial charge is 0.490 e. The third-order valence-electron chi connectivity index (χ3n) is 4.85. The summed E-state index contributed by atoms with van der Waals surface area (Å²) in [6.45, 7) is 5.01. The van der Waals surface area contributed by atoms with Crippen molar-refractivity contribution in [3.8, 4) is 11.5 Å². The van der Waals surface area contributed by atoms with Crippen LogP contribution in [0.4, 0.5) is 8.78 Å². The first-order valence-electron chi connectivity index (χ1n) is 10.2. The molecule has 164 valence electrons. The Balaban J connectivity index is 2.24. The maximum Gasteiger partial charge on any atom is 0.387 e. The van der Waals surface area contributed by atoms with E-state index in [-0.39, 0.29) is 23.4 Å². The zero-order valence-corrected chi connectivity index (χ0v) is 18.0. The van der Waals surface area contributed by atoms with Gasteiger partial charge in [-0.15, -0.1) is 0 Å². The fourth-order valence-electron chi connectivity index (χ4n) is 3.41. The minimum absolute atomic E-state index is 0.0186. The summed E-state index contributed by atoms with van der Waals surface area (Å²) in [4.78, 5) is 17.1. The molecule has 30 heavy (non-hydrogen) atoms. The summed E-state index contributed by atoms with van der Waals surface area (Å²) in [6, 6.07) is 14.1. The Hall–Kier alpha value is -2.67. The van der Waals surface area contributed by atoms with Crippen molar-refractivity contribution in [2.45, 2.75) is 40.0 Å². The summed E-state index contributed by atoms with van der Waals surface area (Å²) >= 11 is 0. The molecule has 1 unspecified atom stereocenters. The van der Waals surface area contributed by atoms with E-state index in [0.717, 1.165) is 24.2 Å². The topological polar surface area (TPSA) is 42.0 Å². The molecule has 0 fully saturated rings. The summed E-state index contributed by atoms with van der Waals surface area (Å²) < 4.78 is 35.2.